The molecular weight excluding hydrogens is 304 g/mol. The summed E-state index contributed by atoms with van der Waals surface area (Å²) in [5, 5.41) is 6.01. The molecule has 2 rings (SSSR count). The van der Waals surface area contributed by atoms with Gasteiger partial charge in [0.15, 0.2) is 5.16 Å². The predicted molar refractivity (Wildman–Crippen MR) is 82.2 cm³/mol. The fourth-order valence-corrected chi connectivity index (χ4v) is 2.84. The Morgan fingerprint density at radius 1 is 1.36 bits per heavy atom. The number of hydrogen-bond donors (Lipinski definition) is 2. The van der Waals surface area contributed by atoms with Crippen molar-refractivity contribution >= 4 is 23.8 Å². The molecular formula is C14H18N4O3S. The molecule has 0 aliphatic carbocycles. The first kappa shape index (κ1) is 16.3. The van der Waals surface area contributed by atoms with Crippen molar-refractivity contribution in [1.29, 1.82) is 0 Å². The van der Waals surface area contributed by atoms with Crippen LogP contribution in [0.15, 0.2) is 34.9 Å². The number of carbonyl (C=O) groups excluding carboxylic acids is 2. The molecule has 1 aromatic rings. The highest BCUT2D eigenvalue weighted by molar-refractivity contribution is 7.99. The van der Waals surface area contributed by atoms with E-state index in [1.54, 1.807) is 25.4 Å². The molecule has 0 spiro atoms. The summed E-state index contributed by atoms with van der Waals surface area (Å²) in [5.74, 6) is -0.0198. The number of carbonyl (C=O) groups is 2. The van der Waals surface area contributed by atoms with Gasteiger partial charge in [-0.2, -0.15) is 0 Å². The second kappa shape index (κ2) is 7.79. The highest BCUT2D eigenvalue weighted by atomic mass is 32.2. The van der Waals surface area contributed by atoms with Crippen molar-refractivity contribution in [1.82, 2.24) is 20.6 Å². The van der Waals surface area contributed by atoms with Gasteiger partial charge in [-0.05, 0) is 19.4 Å². The van der Waals surface area contributed by atoms with Crippen LogP contribution in [0.2, 0.25) is 0 Å². The lowest BCUT2D eigenvalue weighted by Crippen LogP contribution is -2.50. The van der Waals surface area contributed by atoms with E-state index < -0.39 is 5.97 Å². The number of thioether (sulfide) groups is 1. The lowest BCUT2D eigenvalue weighted by atomic mass is 10.0. The summed E-state index contributed by atoms with van der Waals surface area (Å²) in [6.07, 6.45) is 3.90. The molecule has 22 heavy (non-hydrogen) atoms. The number of nitrogens with zero attached hydrogens (tertiary/aromatic N) is 2. The van der Waals surface area contributed by atoms with Crippen LogP contribution in [0, 0.1) is 0 Å². The largest absolute Gasteiger partial charge is 0.463 e. The number of esters is 1. The molecule has 0 saturated carbocycles. The lowest BCUT2D eigenvalue weighted by molar-refractivity contribution is -0.139. The molecule has 2 heterocycles. The number of urea groups is 1. The third kappa shape index (κ3) is 3.97. The van der Waals surface area contributed by atoms with E-state index in [0.29, 0.717) is 28.6 Å². The Hall–Kier alpha value is -2.09. The minimum absolute atomic E-state index is 0.287. The van der Waals surface area contributed by atoms with Crippen molar-refractivity contribution in [2.45, 2.75) is 31.5 Å². The van der Waals surface area contributed by atoms with Gasteiger partial charge in [-0.15, -0.1) is 0 Å². The Morgan fingerprint density at radius 3 is 2.73 bits per heavy atom. The van der Waals surface area contributed by atoms with E-state index in [0.717, 1.165) is 0 Å². The molecule has 0 bridgehead atoms. The zero-order valence-electron chi connectivity index (χ0n) is 12.5. The van der Waals surface area contributed by atoms with Crippen molar-refractivity contribution in [2.24, 2.45) is 0 Å². The maximum absolute atomic E-state index is 12.2. The lowest BCUT2D eigenvalue weighted by Gasteiger charge is -2.28. The van der Waals surface area contributed by atoms with Gasteiger partial charge in [-0.3, -0.25) is 0 Å². The molecule has 118 valence electrons. The average Bonchev–Trinajstić information content (AvgIpc) is 2.53. The molecule has 7 nitrogen and oxygen atoms in total. The van der Waals surface area contributed by atoms with E-state index in [4.69, 9.17) is 4.74 Å². The SMILES string of the molecule is CCOC(=O)C1=C(CSc2ncccn2)NC(=O)N[C@@H]1CC. The Balaban J connectivity index is 2.23. The molecule has 1 atom stereocenters. The van der Waals surface area contributed by atoms with Crippen LogP contribution in [0.3, 0.4) is 0 Å². The van der Waals surface area contributed by atoms with E-state index in [2.05, 4.69) is 20.6 Å². The smallest absolute Gasteiger partial charge is 0.337 e. The van der Waals surface area contributed by atoms with Crippen molar-refractivity contribution in [3.63, 3.8) is 0 Å². The minimum atomic E-state index is -0.411. The molecule has 0 radical (unpaired) electrons. The van der Waals surface area contributed by atoms with Crippen LogP contribution < -0.4 is 10.6 Å². The van der Waals surface area contributed by atoms with Crippen molar-refractivity contribution in [3.8, 4) is 0 Å². The zero-order valence-corrected chi connectivity index (χ0v) is 13.3. The van der Waals surface area contributed by atoms with E-state index in [9.17, 15) is 9.59 Å². The third-order valence-corrected chi connectivity index (χ3v) is 3.94. The number of aromatic nitrogens is 2. The predicted octanol–water partition coefficient (Wildman–Crippen LogP) is 1.48. The quantitative estimate of drug-likeness (QED) is 0.468. The van der Waals surface area contributed by atoms with Crippen molar-refractivity contribution in [3.05, 3.63) is 29.7 Å². The topological polar surface area (TPSA) is 93.2 Å². The molecule has 0 aromatic carbocycles. The average molecular weight is 322 g/mol. The fourth-order valence-electron chi connectivity index (χ4n) is 2.07. The van der Waals surface area contributed by atoms with E-state index >= 15 is 0 Å². The van der Waals surface area contributed by atoms with Gasteiger partial charge >= 0.3 is 12.0 Å². The number of ether oxygens (including phenoxy) is 1. The van der Waals surface area contributed by atoms with Gasteiger partial charge in [-0.1, -0.05) is 18.7 Å². The number of nitrogens with one attached hydrogen (secondary N) is 2. The number of rotatable bonds is 6. The molecule has 1 aliphatic heterocycles. The summed E-state index contributed by atoms with van der Waals surface area (Å²) < 4.78 is 5.10. The van der Waals surface area contributed by atoms with E-state index in [1.165, 1.54) is 11.8 Å². The molecule has 0 fully saturated rings. The summed E-state index contributed by atoms with van der Waals surface area (Å²) in [4.78, 5) is 32.1. The van der Waals surface area contributed by atoms with Crippen LogP contribution in [0.1, 0.15) is 20.3 Å². The minimum Gasteiger partial charge on any atom is -0.463 e. The molecule has 0 saturated heterocycles. The second-order valence-electron chi connectivity index (χ2n) is 4.49. The molecule has 0 unspecified atom stereocenters. The van der Waals surface area contributed by atoms with Gasteiger partial charge in [-0.25, -0.2) is 19.6 Å². The summed E-state index contributed by atoms with van der Waals surface area (Å²) in [7, 11) is 0. The molecule has 1 aliphatic rings. The fraction of sp³-hybridized carbons (Fsp3) is 0.429. The Labute approximate surface area is 132 Å². The standard InChI is InChI=1S/C14H18N4O3S/c1-3-9-11(12(19)21-4-2)10(18-13(20)17-9)8-22-14-15-6-5-7-16-14/h5-7,9H,3-4,8H2,1-2H3,(H2,17,18,20)/t9-/m1/s1. The first-order valence-electron chi connectivity index (χ1n) is 7.03. The summed E-state index contributed by atoms with van der Waals surface area (Å²) >= 11 is 1.35. The van der Waals surface area contributed by atoms with E-state index in [-0.39, 0.29) is 18.7 Å². The van der Waals surface area contributed by atoms with Gasteiger partial charge < -0.3 is 15.4 Å². The number of amides is 2. The highest BCUT2D eigenvalue weighted by Gasteiger charge is 2.31. The highest BCUT2D eigenvalue weighted by Crippen LogP contribution is 2.22. The van der Waals surface area contributed by atoms with Gasteiger partial charge in [0.25, 0.3) is 0 Å². The maximum Gasteiger partial charge on any atom is 0.337 e. The Bertz CT molecular complexity index is 577. The molecule has 2 amide bonds. The van der Waals surface area contributed by atoms with Crippen molar-refractivity contribution in [2.75, 3.05) is 12.4 Å². The van der Waals surface area contributed by atoms with Crippen molar-refractivity contribution < 1.29 is 14.3 Å². The van der Waals surface area contributed by atoms with Crippen LogP contribution in [0.4, 0.5) is 4.79 Å². The Kier molecular flexibility index (Phi) is 5.76. The van der Waals surface area contributed by atoms with E-state index in [1.807, 2.05) is 6.92 Å². The van der Waals surface area contributed by atoms with Gasteiger partial charge in [0.05, 0.1) is 18.2 Å². The van der Waals surface area contributed by atoms with Crippen LogP contribution >= 0.6 is 11.8 Å². The summed E-state index contributed by atoms with van der Waals surface area (Å²) in [6, 6.07) is 1.07. The van der Waals surface area contributed by atoms with Gasteiger partial charge in [0.1, 0.15) is 0 Å². The van der Waals surface area contributed by atoms with Crippen LogP contribution in [0.25, 0.3) is 0 Å². The summed E-state index contributed by atoms with van der Waals surface area (Å²) in [5.41, 5.74) is 1.01. The van der Waals surface area contributed by atoms with Gasteiger partial charge in [0, 0.05) is 23.8 Å². The zero-order chi connectivity index (χ0) is 15.9. The number of hydrogen-bond acceptors (Lipinski definition) is 6. The monoisotopic (exact) mass is 322 g/mol. The summed E-state index contributed by atoms with van der Waals surface area (Å²) in [6.45, 7) is 3.94. The molecule has 2 N–H and O–H groups in total. The first-order chi connectivity index (χ1) is 10.7. The molecule has 1 aromatic heterocycles. The Morgan fingerprint density at radius 2 is 2.09 bits per heavy atom. The van der Waals surface area contributed by atoms with Crippen LogP contribution in [-0.2, 0) is 9.53 Å². The molecule has 8 heteroatoms. The normalized spacial score (nSPS) is 17.7. The van der Waals surface area contributed by atoms with Crippen LogP contribution in [-0.4, -0.2) is 40.4 Å². The third-order valence-electron chi connectivity index (χ3n) is 3.03. The van der Waals surface area contributed by atoms with Gasteiger partial charge in [0.2, 0.25) is 0 Å². The maximum atomic E-state index is 12.2. The first-order valence-corrected chi connectivity index (χ1v) is 8.01. The second-order valence-corrected chi connectivity index (χ2v) is 5.43. The van der Waals surface area contributed by atoms with Crippen LogP contribution in [0.5, 0.6) is 0 Å².